The minimum atomic E-state index is -0.322. The van der Waals surface area contributed by atoms with E-state index >= 15 is 0 Å². The zero-order valence-corrected chi connectivity index (χ0v) is 13.9. The highest BCUT2D eigenvalue weighted by Gasteiger charge is 2.12. The van der Waals surface area contributed by atoms with Crippen molar-refractivity contribution in [3.8, 4) is 5.95 Å². The second-order valence-electron chi connectivity index (χ2n) is 6.04. The van der Waals surface area contributed by atoms with Crippen LogP contribution in [0.5, 0.6) is 0 Å². The lowest BCUT2D eigenvalue weighted by molar-refractivity contribution is -0.117. The van der Waals surface area contributed by atoms with Crippen LogP contribution >= 0.6 is 0 Å². The summed E-state index contributed by atoms with van der Waals surface area (Å²) in [7, 11) is 0. The lowest BCUT2D eigenvalue weighted by Gasteiger charge is -2.06. The first-order valence-corrected chi connectivity index (χ1v) is 8.27. The maximum Gasteiger partial charge on any atom is 0.255 e. The van der Waals surface area contributed by atoms with Crippen molar-refractivity contribution in [2.45, 2.75) is 12.8 Å². The van der Waals surface area contributed by atoms with E-state index in [1.807, 2.05) is 42.5 Å². The minimum absolute atomic E-state index is 0.0273. The van der Waals surface area contributed by atoms with Crippen LogP contribution in [0.2, 0.25) is 0 Å². The summed E-state index contributed by atoms with van der Waals surface area (Å²) in [4.78, 5) is 31.6. The van der Waals surface area contributed by atoms with Gasteiger partial charge in [0.2, 0.25) is 5.95 Å². The number of rotatable bonds is 5. The van der Waals surface area contributed by atoms with Crippen molar-refractivity contribution in [1.82, 2.24) is 19.7 Å². The third-order valence-electron chi connectivity index (χ3n) is 4.24. The molecule has 0 saturated carbocycles. The Bertz CT molecular complexity index is 1120. The Morgan fingerprint density at radius 2 is 1.81 bits per heavy atom. The van der Waals surface area contributed by atoms with Crippen molar-refractivity contribution in [1.29, 1.82) is 0 Å². The zero-order valence-electron chi connectivity index (χ0n) is 13.9. The van der Waals surface area contributed by atoms with Gasteiger partial charge in [0.1, 0.15) is 5.78 Å². The van der Waals surface area contributed by atoms with Gasteiger partial charge in [-0.3, -0.25) is 14.6 Å². The van der Waals surface area contributed by atoms with Crippen LogP contribution < -0.4 is 5.56 Å². The molecule has 6 heteroatoms. The van der Waals surface area contributed by atoms with Gasteiger partial charge in [-0.05, 0) is 22.4 Å². The summed E-state index contributed by atoms with van der Waals surface area (Å²) in [6.45, 7) is 0. The number of nitrogens with one attached hydrogen (secondary N) is 1. The largest absolute Gasteiger partial charge is 0.299 e. The highest BCUT2D eigenvalue weighted by Crippen LogP contribution is 2.19. The number of Topliss-reactive ketones (excluding diaryl/α,β-unsaturated/α-hetero) is 1. The van der Waals surface area contributed by atoms with Crippen molar-refractivity contribution in [2.75, 3.05) is 0 Å². The number of aromatic nitrogens is 4. The molecule has 128 valence electrons. The molecule has 0 saturated heterocycles. The molecule has 26 heavy (non-hydrogen) atoms. The molecule has 2 heterocycles. The number of carbonyl (C=O) groups excluding carboxylic acids is 1. The van der Waals surface area contributed by atoms with E-state index in [1.165, 1.54) is 10.9 Å². The van der Waals surface area contributed by atoms with Gasteiger partial charge in [-0.25, -0.2) is 9.67 Å². The molecule has 0 aliphatic carbocycles. The summed E-state index contributed by atoms with van der Waals surface area (Å²) in [5, 5.41) is 6.18. The second kappa shape index (κ2) is 6.76. The molecule has 0 aliphatic heterocycles. The average molecular weight is 344 g/mol. The van der Waals surface area contributed by atoms with Crippen LogP contribution in [0.3, 0.4) is 0 Å². The van der Waals surface area contributed by atoms with Crippen LogP contribution in [0.15, 0.2) is 71.9 Å². The van der Waals surface area contributed by atoms with Gasteiger partial charge in [0.05, 0.1) is 0 Å². The number of hydrogen-bond donors (Lipinski definition) is 1. The lowest BCUT2D eigenvalue weighted by Crippen LogP contribution is -2.20. The first-order valence-electron chi connectivity index (χ1n) is 8.27. The Morgan fingerprint density at radius 1 is 1.00 bits per heavy atom. The van der Waals surface area contributed by atoms with E-state index in [0.717, 1.165) is 16.3 Å². The predicted octanol–water partition coefficient (Wildman–Crippen LogP) is 2.46. The van der Waals surface area contributed by atoms with Crippen LogP contribution in [0.4, 0.5) is 0 Å². The van der Waals surface area contributed by atoms with Gasteiger partial charge in [-0.2, -0.15) is 5.10 Å². The van der Waals surface area contributed by atoms with Crippen LogP contribution in [0, 0.1) is 0 Å². The fourth-order valence-electron chi connectivity index (χ4n) is 2.98. The molecule has 4 rings (SSSR count). The third kappa shape index (κ3) is 3.17. The highest BCUT2D eigenvalue weighted by atomic mass is 16.1. The van der Waals surface area contributed by atoms with E-state index in [9.17, 15) is 9.59 Å². The topological polar surface area (TPSA) is 80.6 Å². The van der Waals surface area contributed by atoms with Gasteiger partial charge < -0.3 is 0 Å². The van der Waals surface area contributed by atoms with E-state index in [1.54, 1.807) is 18.5 Å². The molecule has 0 fully saturated rings. The summed E-state index contributed by atoms with van der Waals surface area (Å²) in [5.41, 5.74) is 0.994. The van der Waals surface area contributed by atoms with Crippen molar-refractivity contribution >= 4 is 16.6 Å². The van der Waals surface area contributed by atoms with Gasteiger partial charge in [0.25, 0.3) is 5.56 Å². The minimum Gasteiger partial charge on any atom is -0.299 e. The summed E-state index contributed by atoms with van der Waals surface area (Å²) in [6, 6.07) is 15.6. The van der Waals surface area contributed by atoms with E-state index in [0.29, 0.717) is 11.5 Å². The second-order valence-corrected chi connectivity index (χ2v) is 6.04. The monoisotopic (exact) mass is 344 g/mol. The number of nitrogens with zero attached hydrogens (tertiary/aromatic N) is 3. The van der Waals surface area contributed by atoms with Crippen molar-refractivity contribution in [2.24, 2.45) is 0 Å². The summed E-state index contributed by atoms with van der Waals surface area (Å²) in [5.74, 6) is 0.297. The first kappa shape index (κ1) is 16.0. The number of aromatic amines is 1. The molecule has 2 aromatic heterocycles. The number of carbonyl (C=O) groups is 1. The van der Waals surface area contributed by atoms with E-state index in [2.05, 4.69) is 15.1 Å². The fraction of sp³-hybridized carbons (Fsp3) is 0.100. The van der Waals surface area contributed by atoms with Crippen molar-refractivity contribution in [3.05, 3.63) is 88.6 Å². The quantitative estimate of drug-likeness (QED) is 0.603. The normalized spacial score (nSPS) is 10.9. The SMILES string of the molecule is O=C(Cc1cnc(-n2cccn2)[nH]c1=O)Cc1cccc2ccccc12. The number of fused-ring (bicyclic) bond motifs is 1. The van der Waals surface area contributed by atoms with E-state index in [-0.39, 0.29) is 24.2 Å². The summed E-state index contributed by atoms with van der Waals surface area (Å²) >= 11 is 0. The van der Waals surface area contributed by atoms with Crippen LogP contribution in [0.25, 0.3) is 16.7 Å². The molecule has 0 amide bonds. The van der Waals surface area contributed by atoms with Crippen molar-refractivity contribution in [3.63, 3.8) is 0 Å². The van der Waals surface area contributed by atoms with Gasteiger partial charge >= 0.3 is 0 Å². The van der Waals surface area contributed by atoms with Crippen LogP contribution in [-0.4, -0.2) is 25.5 Å². The molecule has 4 aromatic rings. The zero-order chi connectivity index (χ0) is 17.9. The predicted molar refractivity (Wildman–Crippen MR) is 98.3 cm³/mol. The molecule has 0 bridgehead atoms. The number of H-pyrrole nitrogens is 1. The maximum atomic E-state index is 12.5. The van der Waals surface area contributed by atoms with Gasteiger partial charge in [0.15, 0.2) is 0 Å². The molecule has 0 radical (unpaired) electrons. The fourth-order valence-corrected chi connectivity index (χ4v) is 2.98. The molecule has 0 atom stereocenters. The van der Waals surface area contributed by atoms with E-state index < -0.39 is 0 Å². The molecule has 2 aromatic carbocycles. The standard InChI is InChI=1S/C20H16N4O2/c25-17(11-15-7-3-6-14-5-1-2-8-18(14)15)12-16-13-21-20(23-19(16)26)24-10-4-9-22-24/h1-10,13H,11-12H2,(H,21,23,26). The molecule has 0 unspecified atom stereocenters. The smallest absolute Gasteiger partial charge is 0.255 e. The van der Waals surface area contributed by atoms with Crippen LogP contribution in [-0.2, 0) is 17.6 Å². The Kier molecular flexibility index (Phi) is 4.15. The third-order valence-corrected chi connectivity index (χ3v) is 4.24. The Morgan fingerprint density at radius 3 is 2.62 bits per heavy atom. The maximum absolute atomic E-state index is 12.5. The van der Waals surface area contributed by atoms with Gasteiger partial charge in [-0.15, -0.1) is 0 Å². The molecular weight excluding hydrogens is 328 g/mol. The number of benzene rings is 2. The molecule has 1 N–H and O–H groups in total. The Labute approximate surface area is 149 Å². The molecule has 0 aliphatic rings. The summed E-state index contributed by atoms with van der Waals surface area (Å²) in [6.07, 6.45) is 5.05. The lowest BCUT2D eigenvalue weighted by atomic mass is 9.98. The van der Waals surface area contributed by atoms with Crippen LogP contribution in [0.1, 0.15) is 11.1 Å². The average Bonchev–Trinajstić information content (AvgIpc) is 3.18. The van der Waals surface area contributed by atoms with Gasteiger partial charge in [-0.1, -0.05) is 42.5 Å². The molecule has 0 spiro atoms. The molecule has 6 nitrogen and oxygen atoms in total. The highest BCUT2D eigenvalue weighted by molar-refractivity contribution is 5.91. The number of ketones is 1. The molecular formula is C20H16N4O2. The number of hydrogen-bond acceptors (Lipinski definition) is 4. The first-order chi connectivity index (χ1) is 12.7. The van der Waals surface area contributed by atoms with E-state index in [4.69, 9.17) is 0 Å². The Balaban J connectivity index is 1.54. The summed E-state index contributed by atoms with van der Waals surface area (Å²) < 4.78 is 1.46. The van der Waals surface area contributed by atoms with Gasteiger partial charge in [0, 0.05) is 37.0 Å². The van der Waals surface area contributed by atoms with Crippen molar-refractivity contribution < 1.29 is 4.79 Å². The Hall–Kier alpha value is -3.54.